The number of urea groups is 1. The maximum atomic E-state index is 12.5. The van der Waals surface area contributed by atoms with Crippen LogP contribution in [-0.2, 0) is 4.74 Å². The first kappa shape index (κ1) is 16.9. The third kappa shape index (κ3) is 3.93. The monoisotopic (exact) mass is 333 g/mol. The van der Waals surface area contributed by atoms with Crippen molar-refractivity contribution in [1.29, 1.82) is 0 Å². The van der Waals surface area contributed by atoms with Crippen LogP contribution in [0.1, 0.15) is 12.8 Å². The van der Waals surface area contributed by atoms with E-state index in [1.54, 1.807) is 14.2 Å². The summed E-state index contributed by atoms with van der Waals surface area (Å²) in [6.07, 6.45) is 2.38. The molecule has 0 spiro atoms. The lowest BCUT2D eigenvalue weighted by Crippen LogP contribution is -2.54. The maximum Gasteiger partial charge on any atom is 0.317 e. The number of carbonyl (C=O) groups excluding carboxylic acids is 1. The number of para-hydroxylation sites is 2. The van der Waals surface area contributed by atoms with E-state index in [9.17, 15) is 4.79 Å². The Morgan fingerprint density at radius 3 is 2.54 bits per heavy atom. The van der Waals surface area contributed by atoms with Gasteiger partial charge in [0.1, 0.15) is 5.75 Å². The van der Waals surface area contributed by atoms with Crippen LogP contribution >= 0.6 is 0 Å². The quantitative estimate of drug-likeness (QED) is 0.865. The van der Waals surface area contributed by atoms with Gasteiger partial charge in [0.05, 0.1) is 25.4 Å². The van der Waals surface area contributed by atoms with Crippen LogP contribution in [0, 0.1) is 5.92 Å². The molecule has 2 fully saturated rings. The van der Waals surface area contributed by atoms with E-state index in [0.717, 1.165) is 24.5 Å². The van der Waals surface area contributed by atoms with E-state index in [4.69, 9.17) is 9.47 Å². The first-order valence-electron chi connectivity index (χ1n) is 8.65. The van der Waals surface area contributed by atoms with Crippen LogP contribution in [0.2, 0.25) is 0 Å². The highest BCUT2D eigenvalue weighted by Gasteiger charge is 2.33. The Balaban J connectivity index is 1.53. The molecule has 1 aromatic rings. The van der Waals surface area contributed by atoms with Gasteiger partial charge in [-0.15, -0.1) is 0 Å². The third-order valence-corrected chi connectivity index (χ3v) is 4.84. The maximum absolute atomic E-state index is 12.5. The molecular weight excluding hydrogens is 306 g/mol. The summed E-state index contributed by atoms with van der Waals surface area (Å²) in [7, 11) is 3.38. The number of hydrogen-bond acceptors (Lipinski definition) is 4. The molecule has 132 valence electrons. The number of carbonyl (C=O) groups is 1. The van der Waals surface area contributed by atoms with Gasteiger partial charge in [-0.1, -0.05) is 12.1 Å². The van der Waals surface area contributed by atoms with Crippen molar-refractivity contribution in [3.05, 3.63) is 24.3 Å². The molecule has 2 aliphatic rings. The lowest BCUT2D eigenvalue weighted by molar-refractivity contribution is 0.146. The Morgan fingerprint density at radius 2 is 1.92 bits per heavy atom. The smallest absolute Gasteiger partial charge is 0.317 e. The second kappa shape index (κ2) is 7.75. The fraction of sp³-hybridized carbons (Fsp3) is 0.611. The molecule has 6 heteroatoms. The van der Waals surface area contributed by atoms with Crippen molar-refractivity contribution in [3.63, 3.8) is 0 Å². The number of piperazine rings is 1. The minimum atomic E-state index is 0.0311. The summed E-state index contributed by atoms with van der Waals surface area (Å²) in [5, 5.41) is 3.15. The topological polar surface area (TPSA) is 54.0 Å². The van der Waals surface area contributed by atoms with E-state index in [2.05, 4.69) is 16.3 Å². The Kier molecular flexibility index (Phi) is 5.45. The molecule has 1 aliphatic carbocycles. The van der Waals surface area contributed by atoms with Crippen LogP contribution in [-0.4, -0.2) is 64.0 Å². The van der Waals surface area contributed by atoms with Gasteiger partial charge < -0.3 is 24.6 Å². The summed E-state index contributed by atoms with van der Waals surface area (Å²) >= 11 is 0. The SMILES string of the molecule is COCC(NC(=O)N1CCN(c2ccccc2OC)CC1)C1CC1. The molecule has 1 aromatic carbocycles. The second-order valence-corrected chi connectivity index (χ2v) is 6.49. The summed E-state index contributed by atoms with van der Waals surface area (Å²) in [5.41, 5.74) is 1.09. The fourth-order valence-electron chi connectivity index (χ4n) is 3.27. The van der Waals surface area contributed by atoms with Crippen LogP contribution in [0.3, 0.4) is 0 Å². The van der Waals surface area contributed by atoms with Crippen LogP contribution in [0.5, 0.6) is 5.75 Å². The zero-order chi connectivity index (χ0) is 16.9. The molecule has 24 heavy (non-hydrogen) atoms. The van der Waals surface area contributed by atoms with Crippen molar-refractivity contribution in [2.45, 2.75) is 18.9 Å². The fourth-order valence-corrected chi connectivity index (χ4v) is 3.27. The van der Waals surface area contributed by atoms with E-state index in [1.165, 1.54) is 12.8 Å². The third-order valence-electron chi connectivity index (χ3n) is 4.84. The van der Waals surface area contributed by atoms with Gasteiger partial charge in [-0.2, -0.15) is 0 Å². The highest BCUT2D eigenvalue weighted by molar-refractivity contribution is 5.75. The number of methoxy groups -OCH3 is 2. The molecule has 0 radical (unpaired) electrons. The van der Waals surface area contributed by atoms with Crippen molar-refractivity contribution in [2.24, 2.45) is 5.92 Å². The summed E-state index contributed by atoms with van der Waals surface area (Å²) in [6, 6.07) is 8.20. The van der Waals surface area contributed by atoms with Crippen molar-refractivity contribution >= 4 is 11.7 Å². The molecule has 6 nitrogen and oxygen atoms in total. The summed E-state index contributed by atoms with van der Waals surface area (Å²) in [6.45, 7) is 3.65. The van der Waals surface area contributed by atoms with Gasteiger partial charge in [-0.25, -0.2) is 4.79 Å². The van der Waals surface area contributed by atoms with E-state index < -0.39 is 0 Å². The number of rotatable bonds is 6. The van der Waals surface area contributed by atoms with Crippen molar-refractivity contribution in [1.82, 2.24) is 10.2 Å². The summed E-state index contributed by atoms with van der Waals surface area (Å²) < 4.78 is 10.7. The first-order chi connectivity index (χ1) is 11.7. The van der Waals surface area contributed by atoms with Gasteiger partial charge in [0.25, 0.3) is 0 Å². The molecule has 0 aromatic heterocycles. The van der Waals surface area contributed by atoms with Crippen LogP contribution in [0.25, 0.3) is 0 Å². The highest BCUT2D eigenvalue weighted by Crippen LogP contribution is 2.33. The predicted molar refractivity (Wildman–Crippen MR) is 93.7 cm³/mol. The molecule has 1 saturated heterocycles. The van der Waals surface area contributed by atoms with Crippen LogP contribution in [0.4, 0.5) is 10.5 Å². The van der Waals surface area contributed by atoms with E-state index in [1.807, 2.05) is 23.1 Å². The van der Waals surface area contributed by atoms with E-state index >= 15 is 0 Å². The molecule has 1 unspecified atom stereocenters. The van der Waals surface area contributed by atoms with Gasteiger partial charge >= 0.3 is 6.03 Å². The Morgan fingerprint density at radius 1 is 1.21 bits per heavy atom. The lowest BCUT2D eigenvalue weighted by Gasteiger charge is -2.37. The number of ether oxygens (including phenoxy) is 2. The van der Waals surface area contributed by atoms with E-state index in [-0.39, 0.29) is 12.1 Å². The molecule has 2 amide bonds. The first-order valence-corrected chi connectivity index (χ1v) is 8.65. The summed E-state index contributed by atoms with van der Waals surface area (Å²) in [5.74, 6) is 1.47. The molecule has 1 aliphatic heterocycles. The number of amides is 2. The average molecular weight is 333 g/mol. The van der Waals surface area contributed by atoms with Gasteiger partial charge in [-0.05, 0) is 30.9 Å². The molecule has 0 bridgehead atoms. The van der Waals surface area contributed by atoms with Gasteiger partial charge in [-0.3, -0.25) is 0 Å². The van der Waals surface area contributed by atoms with Gasteiger partial charge in [0.2, 0.25) is 0 Å². The molecule has 1 heterocycles. The standard InChI is InChI=1S/C18H27N3O3/c1-23-13-15(14-7-8-14)19-18(22)21-11-9-20(10-12-21)16-5-3-4-6-17(16)24-2/h3-6,14-15H,7-13H2,1-2H3,(H,19,22). The summed E-state index contributed by atoms with van der Waals surface area (Å²) in [4.78, 5) is 16.7. The minimum Gasteiger partial charge on any atom is -0.495 e. The molecule has 3 rings (SSSR count). The Labute approximate surface area is 143 Å². The largest absolute Gasteiger partial charge is 0.495 e. The molecule has 1 saturated carbocycles. The molecule has 1 N–H and O–H groups in total. The second-order valence-electron chi connectivity index (χ2n) is 6.49. The van der Waals surface area contributed by atoms with Gasteiger partial charge in [0.15, 0.2) is 0 Å². The Hall–Kier alpha value is -1.95. The van der Waals surface area contributed by atoms with E-state index in [0.29, 0.717) is 25.6 Å². The molecular formula is C18H27N3O3. The highest BCUT2D eigenvalue weighted by atomic mass is 16.5. The van der Waals surface area contributed by atoms with Crippen molar-refractivity contribution < 1.29 is 14.3 Å². The predicted octanol–water partition coefficient (Wildman–Crippen LogP) is 1.95. The average Bonchev–Trinajstić information content (AvgIpc) is 3.46. The number of nitrogens with one attached hydrogen (secondary N) is 1. The lowest BCUT2D eigenvalue weighted by atomic mass is 10.2. The van der Waals surface area contributed by atoms with Crippen LogP contribution in [0.15, 0.2) is 24.3 Å². The number of benzene rings is 1. The normalized spacial score (nSPS) is 19.1. The van der Waals surface area contributed by atoms with Crippen molar-refractivity contribution in [3.8, 4) is 5.75 Å². The Bertz CT molecular complexity index is 554. The zero-order valence-electron chi connectivity index (χ0n) is 14.5. The molecule has 1 atom stereocenters. The van der Waals surface area contributed by atoms with Crippen LogP contribution < -0.4 is 15.0 Å². The number of hydrogen-bond donors (Lipinski definition) is 1. The number of anilines is 1. The minimum absolute atomic E-state index is 0.0311. The number of nitrogens with zero attached hydrogens (tertiary/aromatic N) is 2. The zero-order valence-corrected chi connectivity index (χ0v) is 14.5. The van der Waals surface area contributed by atoms with Gasteiger partial charge in [0, 0.05) is 33.3 Å². The van der Waals surface area contributed by atoms with Crippen molar-refractivity contribution in [2.75, 3.05) is 51.9 Å².